The second kappa shape index (κ2) is 12.7. The topological polar surface area (TPSA) is 38.7 Å². The van der Waals surface area contributed by atoms with E-state index in [1.54, 1.807) is 0 Å². The lowest BCUT2D eigenvalue weighted by Gasteiger charge is -2.14. The normalized spacial score (nSPS) is 11.2. The van der Waals surface area contributed by atoms with E-state index < -0.39 is 0 Å². The molecular weight excluding hydrogens is 607 g/mol. The van der Waals surface area contributed by atoms with E-state index in [9.17, 15) is 0 Å². The predicted octanol–water partition coefficient (Wildman–Crippen LogP) is 12.2. The van der Waals surface area contributed by atoms with Crippen LogP contribution in [0.3, 0.4) is 0 Å². The predicted molar refractivity (Wildman–Crippen MR) is 207 cm³/mol. The van der Waals surface area contributed by atoms with Crippen LogP contribution in [0.1, 0.15) is 0 Å². The molecule has 0 bridgehead atoms. The summed E-state index contributed by atoms with van der Waals surface area (Å²) < 4.78 is 0. The van der Waals surface area contributed by atoms with E-state index in [2.05, 4.69) is 164 Å². The lowest BCUT2D eigenvalue weighted by Crippen LogP contribution is -1.97. The molecule has 0 fully saturated rings. The monoisotopic (exact) mass is 637 g/mol. The molecule has 3 nitrogen and oxygen atoms in total. The Morgan fingerprint density at radius 2 is 0.820 bits per heavy atom. The van der Waals surface area contributed by atoms with Crippen LogP contribution < -0.4 is 0 Å². The number of rotatable bonds is 6. The van der Waals surface area contributed by atoms with Gasteiger partial charge in [-0.05, 0) is 63.4 Å². The molecule has 9 rings (SSSR count). The zero-order valence-corrected chi connectivity index (χ0v) is 27.2. The molecule has 0 aliphatic carbocycles. The standard InChI is InChI=1S/C47H31N3/c1-4-14-32(15-5-1)36-21-12-22-37(28-36)45-31-44(35-19-8-3-9-20-35)49-47(50-45)39-24-13-23-38(29-39)43-30-41(33-16-6-2-7-17-33)46-40-25-11-10-18-34(40)26-27-42(46)48-43/h1-31H. The molecule has 0 amide bonds. The Morgan fingerprint density at radius 1 is 0.300 bits per heavy atom. The Kier molecular flexibility index (Phi) is 7.49. The summed E-state index contributed by atoms with van der Waals surface area (Å²) in [5.74, 6) is 0.670. The van der Waals surface area contributed by atoms with E-state index >= 15 is 0 Å². The minimum atomic E-state index is 0.670. The third-order valence-electron chi connectivity index (χ3n) is 9.26. The first-order chi connectivity index (χ1) is 24.8. The van der Waals surface area contributed by atoms with Crippen molar-refractivity contribution in [2.45, 2.75) is 0 Å². The van der Waals surface area contributed by atoms with E-state index in [0.717, 1.165) is 66.9 Å². The van der Waals surface area contributed by atoms with Gasteiger partial charge in [-0.1, -0.05) is 158 Å². The van der Waals surface area contributed by atoms with E-state index in [1.165, 1.54) is 16.3 Å². The third kappa shape index (κ3) is 5.61. The van der Waals surface area contributed by atoms with Crippen LogP contribution >= 0.6 is 0 Å². The molecule has 234 valence electrons. The number of aromatic nitrogens is 3. The molecule has 2 aromatic heterocycles. The first-order valence-corrected chi connectivity index (χ1v) is 16.9. The van der Waals surface area contributed by atoms with Gasteiger partial charge in [0.2, 0.25) is 0 Å². The average molecular weight is 638 g/mol. The summed E-state index contributed by atoms with van der Waals surface area (Å²) >= 11 is 0. The third-order valence-corrected chi connectivity index (χ3v) is 9.26. The first kappa shape index (κ1) is 29.4. The maximum Gasteiger partial charge on any atom is 0.160 e. The maximum atomic E-state index is 5.24. The maximum absolute atomic E-state index is 5.24. The van der Waals surface area contributed by atoms with Gasteiger partial charge < -0.3 is 0 Å². The highest BCUT2D eigenvalue weighted by Gasteiger charge is 2.15. The fourth-order valence-corrected chi connectivity index (χ4v) is 6.79. The molecule has 0 atom stereocenters. The molecule has 0 saturated heterocycles. The van der Waals surface area contributed by atoms with Gasteiger partial charge in [-0.15, -0.1) is 0 Å². The van der Waals surface area contributed by atoms with Crippen LogP contribution in [0.4, 0.5) is 0 Å². The van der Waals surface area contributed by atoms with Crippen molar-refractivity contribution in [3.8, 4) is 67.4 Å². The molecule has 0 saturated carbocycles. The highest BCUT2D eigenvalue weighted by Crippen LogP contribution is 2.37. The van der Waals surface area contributed by atoms with Crippen LogP contribution in [0.25, 0.3) is 89.1 Å². The molecule has 0 aliphatic heterocycles. The first-order valence-electron chi connectivity index (χ1n) is 16.9. The van der Waals surface area contributed by atoms with Crippen LogP contribution in [0.5, 0.6) is 0 Å². The minimum Gasteiger partial charge on any atom is -0.248 e. The quantitative estimate of drug-likeness (QED) is 0.170. The van der Waals surface area contributed by atoms with Crippen LogP contribution in [-0.2, 0) is 0 Å². The van der Waals surface area contributed by atoms with Crippen LogP contribution in [0, 0.1) is 0 Å². The number of hydrogen-bond acceptors (Lipinski definition) is 3. The lowest BCUT2D eigenvalue weighted by molar-refractivity contribution is 1.18. The summed E-state index contributed by atoms with van der Waals surface area (Å²) in [4.78, 5) is 15.6. The average Bonchev–Trinajstić information content (AvgIpc) is 3.21. The number of benzene rings is 7. The van der Waals surface area contributed by atoms with Crippen molar-refractivity contribution in [1.82, 2.24) is 15.0 Å². The molecule has 0 radical (unpaired) electrons. The van der Waals surface area contributed by atoms with Crippen molar-refractivity contribution < 1.29 is 0 Å². The van der Waals surface area contributed by atoms with Gasteiger partial charge in [0.25, 0.3) is 0 Å². The van der Waals surface area contributed by atoms with Gasteiger partial charge >= 0.3 is 0 Å². The Morgan fingerprint density at radius 3 is 1.54 bits per heavy atom. The molecule has 9 aromatic rings. The molecule has 50 heavy (non-hydrogen) atoms. The Hall–Kier alpha value is -6.71. The SMILES string of the molecule is c1ccc(-c2cccc(-c3cc(-c4ccccc4)nc(-c4cccc(-c5cc(-c6ccccc6)c6c(ccc7ccccc76)n5)c4)n3)c2)cc1. The van der Waals surface area contributed by atoms with E-state index in [0.29, 0.717) is 5.82 Å². The minimum absolute atomic E-state index is 0.670. The van der Waals surface area contributed by atoms with Crippen molar-refractivity contribution >= 4 is 21.7 Å². The van der Waals surface area contributed by atoms with Crippen LogP contribution in [-0.4, -0.2) is 15.0 Å². The molecule has 0 aliphatic rings. The second-order valence-corrected chi connectivity index (χ2v) is 12.5. The van der Waals surface area contributed by atoms with E-state index in [1.807, 2.05) is 24.3 Å². The van der Waals surface area contributed by atoms with Gasteiger partial charge in [0.15, 0.2) is 5.82 Å². The smallest absolute Gasteiger partial charge is 0.160 e. The van der Waals surface area contributed by atoms with Gasteiger partial charge in [0, 0.05) is 27.6 Å². The summed E-state index contributed by atoms with van der Waals surface area (Å²) in [6.45, 7) is 0. The molecule has 2 heterocycles. The highest BCUT2D eigenvalue weighted by atomic mass is 14.9. The zero-order chi connectivity index (χ0) is 33.3. The van der Waals surface area contributed by atoms with E-state index in [-0.39, 0.29) is 0 Å². The highest BCUT2D eigenvalue weighted by molar-refractivity contribution is 6.13. The molecule has 7 aromatic carbocycles. The zero-order valence-electron chi connectivity index (χ0n) is 27.2. The second-order valence-electron chi connectivity index (χ2n) is 12.5. The Bertz CT molecular complexity index is 2630. The molecular formula is C47H31N3. The van der Waals surface area contributed by atoms with Gasteiger partial charge in [0.05, 0.1) is 22.6 Å². The number of pyridine rings is 1. The Labute approximate surface area is 291 Å². The summed E-state index contributed by atoms with van der Waals surface area (Å²) in [6, 6.07) is 65.6. The van der Waals surface area contributed by atoms with Gasteiger partial charge in [-0.25, -0.2) is 15.0 Å². The number of nitrogens with zero attached hydrogens (tertiary/aromatic N) is 3. The van der Waals surface area contributed by atoms with Crippen molar-refractivity contribution in [2.75, 3.05) is 0 Å². The van der Waals surface area contributed by atoms with Gasteiger partial charge in [-0.3, -0.25) is 0 Å². The fraction of sp³-hybridized carbons (Fsp3) is 0. The van der Waals surface area contributed by atoms with Crippen molar-refractivity contribution in [1.29, 1.82) is 0 Å². The molecule has 0 spiro atoms. The molecule has 0 N–H and O–H groups in total. The van der Waals surface area contributed by atoms with E-state index in [4.69, 9.17) is 15.0 Å². The van der Waals surface area contributed by atoms with Crippen molar-refractivity contribution in [3.63, 3.8) is 0 Å². The lowest BCUT2D eigenvalue weighted by atomic mass is 9.94. The van der Waals surface area contributed by atoms with Crippen molar-refractivity contribution in [3.05, 3.63) is 188 Å². The summed E-state index contributed by atoms with van der Waals surface area (Å²) in [5.41, 5.74) is 12.3. The molecule has 0 unspecified atom stereocenters. The number of hydrogen-bond donors (Lipinski definition) is 0. The number of fused-ring (bicyclic) bond motifs is 3. The van der Waals surface area contributed by atoms with Gasteiger partial charge in [-0.2, -0.15) is 0 Å². The van der Waals surface area contributed by atoms with Crippen LogP contribution in [0.2, 0.25) is 0 Å². The largest absolute Gasteiger partial charge is 0.248 e. The van der Waals surface area contributed by atoms with Crippen molar-refractivity contribution in [2.24, 2.45) is 0 Å². The summed E-state index contributed by atoms with van der Waals surface area (Å²) in [6.07, 6.45) is 0. The molecule has 3 heteroatoms. The summed E-state index contributed by atoms with van der Waals surface area (Å²) in [7, 11) is 0. The fourth-order valence-electron chi connectivity index (χ4n) is 6.79. The van der Waals surface area contributed by atoms with Gasteiger partial charge in [0.1, 0.15) is 0 Å². The summed E-state index contributed by atoms with van der Waals surface area (Å²) in [5, 5.41) is 3.57. The Balaban J connectivity index is 1.20. The van der Waals surface area contributed by atoms with Crippen LogP contribution in [0.15, 0.2) is 188 Å².